The fraction of sp³-hybridized carbons (Fsp3) is 0.385. The molecule has 0 heterocycles. The number of alkyl halides is 1. The molecule has 5 heteroatoms. The molecule has 2 atom stereocenters. The topological polar surface area (TPSA) is 55.4 Å². The predicted molar refractivity (Wildman–Crippen MR) is 69.4 cm³/mol. The van der Waals surface area contributed by atoms with Crippen molar-refractivity contribution in [2.24, 2.45) is 0 Å². The normalized spacial score (nSPS) is 13.5. The maximum Gasteiger partial charge on any atom is 0.328 e. The lowest BCUT2D eigenvalue weighted by Crippen LogP contribution is -2.45. The Kier molecular flexibility index (Phi) is 5.65. The van der Waals surface area contributed by atoms with Crippen LogP contribution in [0.25, 0.3) is 0 Å². The minimum atomic E-state index is -0.717. The van der Waals surface area contributed by atoms with Crippen molar-refractivity contribution in [3.05, 3.63) is 35.9 Å². The number of carbonyl (C=O) groups excluding carboxylic acids is 2. The van der Waals surface area contributed by atoms with Crippen LogP contribution in [0.1, 0.15) is 12.5 Å². The number of rotatable bonds is 5. The van der Waals surface area contributed by atoms with Gasteiger partial charge in [0.05, 0.1) is 7.11 Å². The van der Waals surface area contributed by atoms with Gasteiger partial charge in [0.15, 0.2) is 0 Å². The highest BCUT2D eigenvalue weighted by Gasteiger charge is 2.23. The molecule has 0 radical (unpaired) electrons. The van der Waals surface area contributed by atoms with Gasteiger partial charge in [0.2, 0.25) is 5.91 Å². The summed E-state index contributed by atoms with van der Waals surface area (Å²) >= 11 is 5.66. The van der Waals surface area contributed by atoms with Crippen LogP contribution in [0.3, 0.4) is 0 Å². The second kappa shape index (κ2) is 7.01. The molecule has 1 N–H and O–H groups in total. The van der Waals surface area contributed by atoms with E-state index in [0.717, 1.165) is 5.56 Å². The molecule has 4 nitrogen and oxygen atoms in total. The molecule has 0 aliphatic rings. The molecule has 1 amide bonds. The van der Waals surface area contributed by atoms with Crippen molar-refractivity contribution in [2.75, 3.05) is 7.11 Å². The van der Waals surface area contributed by atoms with E-state index in [1.54, 1.807) is 6.92 Å². The minimum Gasteiger partial charge on any atom is -0.467 e. The van der Waals surface area contributed by atoms with Gasteiger partial charge in [-0.25, -0.2) is 4.79 Å². The van der Waals surface area contributed by atoms with Crippen LogP contribution in [0.15, 0.2) is 30.3 Å². The van der Waals surface area contributed by atoms with Crippen molar-refractivity contribution in [3.63, 3.8) is 0 Å². The molecule has 0 saturated carbocycles. The maximum atomic E-state index is 11.6. The lowest BCUT2D eigenvalue weighted by Gasteiger charge is -2.17. The van der Waals surface area contributed by atoms with Crippen LogP contribution in [0.4, 0.5) is 0 Å². The third kappa shape index (κ3) is 4.37. The SMILES string of the molecule is COC(=O)C(Cc1ccccc1)NC(=O)C(C)Cl. The molecule has 98 valence electrons. The number of amides is 1. The minimum absolute atomic E-state index is 0.378. The molecule has 0 saturated heterocycles. The zero-order chi connectivity index (χ0) is 13.5. The summed E-state index contributed by atoms with van der Waals surface area (Å²) in [7, 11) is 1.29. The number of esters is 1. The van der Waals surface area contributed by atoms with E-state index in [9.17, 15) is 9.59 Å². The van der Waals surface area contributed by atoms with Crippen molar-refractivity contribution < 1.29 is 14.3 Å². The monoisotopic (exact) mass is 269 g/mol. The van der Waals surface area contributed by atoms with Crippen LogP contribution in [-0.2, 0) is 20.7 Å². The first-order valence-electron chi connectivity index (χ1n) is 5.60. The number of methoxy groups -OCH3 is 1. The lowest BCUT2D eigenvalue weighted by atomic mass is 10.1. The zero-order valence-corrected chi connectivity index (χ0v) is 11.1. The number of halogens is 1. The van der Waals surface area contributed by atoms with Gasteiger partial charge in [0.25, 0.3) is 0 Å². The Morgan fingerprint density at radius 1 is 1.33 bits per heavy atom. The fourth-order valence-corrected chi connectivity index (χ4v) is 1.53. The van der Waals surface area contributed by atoms with Crippen LogP contribution in [-0.4, -0.2) is 30.4 Å². The Labute approximate surface area is 111 Å². The third-order valence-corrected chi connectivity index (χ3v) is 2.64. The second-order valence-electron chi connectivity index (χ2n) is 3.89. The summed E-state index contributed by atoms with van der Waals surface area (Å²) < 4.78 is 4.67. The summed E-state index contributed by atoms with van der Waals surface area (Å²) in [6, 6.07) is 8.67. The Bertz CT molecular complexity index is 406. The summed E-state index contributed by atoms with van der Waals surface area (Å²) in [5.41, 5.74) is 0.940. The van der Waals surface area contributed by atoms with E-state index < -0.39 is 17.4 Å². The van der Waals surface area contributed by atoms with E-state index in [1.165, 1.54) is 7.11 Å². The number of carbonyl (C=O) groups is 2. The molecule has 0 aliphatic heterocycles. The van der Waals surface area contributed by atoms with E-state index in [2.05, 4.69) is 10.1 Å². The smallest absolute Gasteiger partial charge is 0.328 e. The second-order valence-corrected chi connectivity index (χ2v) is 4.54. The Morgan fingerprint density at radius 3 is 2.44 bits per heavy atom. The highest BCUT2D eigenvalue weighted by atomic mass is 35.5. The molecule has 18 heavy (non-hydrogen) atoms. The van der Waals surface area contributed by atoms with Gasteiger partial charge in [-0.15, -0.1) is 11.6 Å². The average Bonchev–Trinajstić information content (AvgIpc) is 2.38. The van der Waals surface area contributed by atoms with E-state index >= 15 is 0 Å². The zero-order valence-electron chi connectivity index (χ0n) is 10.4. The van der Waals surface area contributed by atoms with Gasteiger partial charge in [-0.3, -0.25) is 4.79 Å². The van der Waals surface area contributed by atoms with E-state index in [-0.39, 0.29) is 5.91 Å². The van der Waals surface area contributed by atoms with Crippen molar-refractivity contribution in [1.29, 1.82) is 0 Å². The molecule has 1 aromatic rings. The van der Waals surface area contributed by atoms with E-state index in [4.69, 9.17) is 11.6 Å². The van der Waals surface area contributed by atoms with Gasteiger partial charge >= 0.3 is 5.97 Å². The quantitative estimate of drug-likeness (QED) is 0.651. The average molecular weight is 270 g/mol. The Morgan fingerprint density at radius 2 is 1.94 bits per heavy atom. The standard InChI is InChI=1S/C13H16ClNO3/c1-9(14)12(16)15-11(13(17)18-2)8-10-6-4-3-5-7-10/h3-7,9,11H,8H2,1-2H3,(H,15,16). The first-order chi connectivity index (χ1) is 8.54. The van der Waals surface area contributed by atoms with Crippen LogP contribution >= 0.6 is 11.6 Å². The van der Waals surface area contributed by atoms with Gasteiger partial charge in [0.1, 0.15) is 11.4 Å². The molecule has 1 aromatic carbocycles. The first-order valence-corrected chi connectivity index (χ1v) is 6.04. The summed E-state index contributed by atoms with van der Waals surface area (Å²) in [6.07, 6.45) is 0.378. The molecule has 0 fully saturated rings. The molecule has 1 rings (SSSR count). The van der Waals surface area contributed by atoms with Gasteiger partial charge < -0.3 is 10.1 Å². The largest absolute Gasteiger partial charge is 0.467 e. The number of hydrogen-bond acceptors (Lipinski definition) is 3. The Hall–Kier alpha value is -1.55. The molecule has 0 aromatic heterocycles. The lowest BCUT2D eigenvalue weighted by molar-refractivity contribution is -0.145. The van der Waals surface area contributed by atoms with Gasteiger partial charge in [0, 0.05) is 6.42 Å². The van der Waals surface area contributed by atoms with Crippen molar-refractivity contribution in [3.8, 4) is 0 Å². The predicted octanol–water partition coefficient (Wildman–Crippen LogP) is 1.51. The van der Waals surface area contributed by atoms with Crippen LogP contribution in [0, 0.1) is 0 Å². The fourth-order valence-electron chi connectivity index (χ4n) is 1.47. The van der Waals surface area contributed by atoms with Gasteiger partial charge in [-0.05, 0) is 12.5 Å². The molecule has 0 bridgehead atoms. The molecule has 0 aliphatic carbocycles. The Balaban J connectivity index is 2.73. The van der Waals surface area contributed by atoms with Gasteiger partial charge in [-0.2, -0.15) is 0 Å². The number of nitrogens with one attached hydrogen (secondary N) is 1. The van der Waals surface area contributed by atoms with Gasteiger partial charge in [-0.1, -0.05) is 30.3 Å². The van der Waals surface area contributed by atoms with E-state index in [0.29, 0.717) is 6.42 Å². The first kappa shape index (κ1) is 14.5. The molecular weight excluding hydrogens is 254 g/mol. The summed E-state index contributed by atoms with van der Waals surface area (Å²) in [4.78, 5) is 23.1. The summed E-state index contributed by atoms with van der Waals surface area (Å²) in [5.74, 6) is -0.868. The van der Waals surface area contributed by atoms with Crippen molar-refractivity contribution >= 4 is 23.5 Å². The number of hydrogen-bond donors (Lipinski definition) is 1. The van der Waals surface area contributed by atoms with Crippen molar-refractivity contribution in [2.45, 2.75) is 24.8 Å². The number of ether oxygens (including phenoxy) is 1. The third-order valence-electron chi connectivity index (χ3n) is 2.45. The van der Waals surface area contributed by atoms with E-state index in [1.807, 2.05) is 30.3 Å². The van der Waals surface area contributed by atoms with Crippen molar-refractivity contribution in [1.82, 2.24) is 5.32 Å². The van der Waals surface area contributed by atoms with Crippen LogP contribution in [0.5, 0.6) is 0 Å². The number of benzene rings is 1. The molecule has 0 spiro atoms. The molecule has 2 unspecified atom stereocenters. The highest BCUT2D eigenvalue weighted by Crippen LogP contribution is 2.05. The van der Waals surface area contributed by atoms with Crippen LogP contribution in [0.2, 0.25) is 0 Å². The molecular formula is C13H16ClNO3. The highest BCUT2D eigenvalue weighted by molar-refractivity contribution is 6.30. The van der Waals surface area contributed by atoms with Crippen LogP contribution < -0.4 is 5.32 Å². The maximum absolute atomic E-state index is 11.6. The summed E-state index contributed by atoms with van der Waals surface area (Å²) in [5, 5.41) is 1.88. The summed E-state index contributed by atoms with van der Waals surface area (Å²) in [6.45, 7) is 1.55.